The lowest BCUT2D eigenvalue weighted by Crippen LogP contribution is -2.44. The minimum Gasteiger partial charge on any atom is -0.385 e. The number of aliphatic imine (C=N–C) groups is 1. The van der Waals surface area contributed by atoms with Crippen LogP contribution in [-0.4, -0.2) is 93.8 Å². The molecule has 2 heterocycles. The molecular weight excluding hydrogens is 521 g/mol. The van der Waals surface area contributed by atoms with E-state index in [0.717, 1.165) is 43.8 Å². The molecule has 0 bridgehead atoms. The normalized spacial score (nSPS) is 18.6. The molecule has 2 aliphatic rings. The molecule has 2 fully saturated rings. The number of carbonyl (C=O) groups is 1. The van der Waals surface area contributed by atoms with Gasteiger partial charge in [0.2, 0.25) is 5.91 Å². The smallest absolute Gasteiger partial charge is 0.385 e. The minimum atomic E-state index is -4.58. The Kier molecular flexibility index (Phi) is 12.3. The summed E-state index contributed by atoms with van der Waals surface area (Å²) in [6.45, 7) is 9.66. The van der Waals surface area contributed by atoms with Gasteiger partial charge in [-0.15, -0.1) is 0 Å². The molecule has 1 amide bonds. The van der Waals surface area contributed by atoms with E-state index in [-0.39, 0.29) is 11.6 Å². The Morgan fingerprint density at radius 1 is 1.10 bits per heavy atom. The Hall–Kier alpha value is -3.05. The third kappa shape index (κ3) is 10.2. The number of ether oxygens (including phenoxy) is 1. The average molecular weight is 565 g/mol. The summed E-state index contributed by atoms with van der Waals surface area (Å²) in [6, 6.07) is 7.85. The van der Waals surface area contributed by atoms with Crippen molar-refractivity contribution in [2.24, 2.45) is 4.99 Å². The van der Waals surface area contributed by atoms with Crippen LogP contribution in [0.2, 0.25) is 0 Å². The van der Waals surface area contributed by atoms with Crippen LogP contribution in [-0.2, 0) is 9.53 Å². The van der Waals surface area contributed by atoms with Crippen molar-refractivity contribution in [1.82, 2.24) is 15.1 Å². The summed E-state index contributed by atoms with van der Waals surface area (Å²) in [5, 5.41) is 6.04. The van der Waals surface area contributed by atoms with Crippen LogP contribution in [0.25, 0.3) is 0 Å². The van der Waals surface area contributed by atoms with Crippen molar-refractivity contribution in [2.75, 3.05) is 76.3 Å². The van der Waals surface area contributed by atoms with Gasteiger partial charge in [0.15, 0.2) is 0 Å². The van der Waals surface area contributed by atoms with E-state index in [2.05, 4.69) is 32.5 Å². The number of anilines is 2. The summed E-state index contributed by atoms with van der Waals surface area (Å²) in [5.41, 5.74) is 1.06. The molecule has 0 unspecified atom stereocenters. The number of nitrogens with one attached hydrogen (secondary N) is 2. The van der Waals surface area contributed by atoms with E-state index in [0.29, 0.717) is 64.4 Å². The van der Waals surface area contributed by atoms with Gasteiger partial charge in [0.1, 0.15) is 5.84 Å². The van der Waals surface area contributed by atoms with E-state index in [9.17, 15) is 18.0 Å². The number of likely N-dealkylation sites (N-methyl/N-ethyl adjacent to an activating group) is 1. The Labute approximate surface area is 235 Å². The molecule has 222 valence electrons. The van der Waals surface area contributed by atoms with Crippen LogP contribution < -0.4 is 15.5 Å². The van der Waals surface area contributed by atoms with Crippen molar-refractivity contribution in [2.45, 2.75) is 45.7 Å². The third-order valence-electron chi connectivity index (χ3n) is 6.92. The zero-order valence-corrected chi connectivity index (χ0v) is 23.9. The van der Waals surface area contributed by atoms with Crippen LogP contribution in [0.15, 0.2) is 52.8 Å². The number of unbranched alkanes of at least 4 members (excludes halogenated alkanes) is 1. The number of carbonyl (C=O) groups excluding carboxylic acids is 1. The van der Waals surface area contributed by atoms with E-state index in [1.807, 2.05) is 31.2 Å². The van der Waals surface area contributed by atoms with Gasteiger partial charge in [-0.3, -0.25) is 4.79 Å². The largest absolute Gasteiger partial charge is 0.419 e. The zero-order valence-electron chi connectivity index (χ0n) is 23.9. The molecule has 2 N–H and O–H groups in total. The Bertz CT molecular complexity index is 1030. The van der Waals surface area contributed by atoms with Gasteiger partial charge in [0, 0.05) is 69.1 Å². The highest BCUT2D eigenvalue weighted by Crippen LogP contribution is 2.31. The summed E-state index contributed by atoms with van der Waals surface area (Å²) >= 11 is 0. The van der Waals surface area contributed by atoms with Crippen molar-refractivity contribution in [1.29, 1.82) is 0 Å². The summed E-state index contributed by atoms with van der Waals surface area (Å²) in [7, 11) is 2.11. The number of amidine groups is 1. The molecule has 0 aromatic heterocycles. The molecule has 1 aromatic rings. The van der Waals surface area contributed by atoms with Gasteiger partial charge in [-0.25, -0.2) is 4.99 Å². The average Bonchev–Trinajstić information content (AvgIpc) is 3.13. The Morgan fingerprint density at radius 2 is 1.82 bits per heavy atom. The van der Waals surface area contributed by atoms with E-state index in [4.69, 9.17) is 4.74 Å². The number of nitrogens with zero attached hydrogens (tertiary/aromatic N) is 4. The molecule has 0 saturated carbocycles. The maximum absolute atomic E-state index is 14.1. The summed E-state index contributed by atoms with van der Waals surface area (Å²) in [6.07, 6.45) is -0.0651. The topological polar surface area (TPSA) is 72.4 Å². The number of piperazine rings is 1. The highest BCUT2D eigenvalue weighted by molar-refractivity contribution is 5.94. The second-order valence-electron chi connectivity index (χ2n) is 10.1. The number of rotatable bonds is 11. The highest BCUT2D eigenvalue weighted by atomic mass is 19.4. The number of benzene rings is 1. The first-order valence-corrected chi connectivity index (χ1v) is 14.1. The number of allylic oxidation sites excluding steroid dienone is 2. The standard InChI is InChI=1S/C29H43F3N6O2/c1-4-5-7-27(33-13-6-14-38-19-21-40-20-12-28(38)39)26(29(30,31)32)22-34-23(2)35-24-8-10-25(11-9-24)37-17-15-36(3)16-18-37/h7-11,22,33H,4-6,12-21H2,1-3H3,(H,34,35)/b26-22+,27-7-. The zero-order chi connectivity index (χ0) is 29.0. The lowest BCUT2D eigenvalue weighted by Gasteiger charge is -2.34. The molecule has 8 nitrogen and oxygen atoms in total. The number of alkyl halides is 3. The van der Waals surface area contributed by atoms with Gasteiger partial charge in [-0.05, 0) is 51.1 Å². The minimum absolute atomic E-state index is 0.00737. The van der Waals surface area contributed by atoms with Crippen LogP contribution >= 0.6 is 0 Å². The second-order valence-corrected chi connectivity index (χ2v) is 10.1. The van der Waals surface area contributed by atoms with Gasteiger partial charge < -0.3 is 30.1 Å². The maximum atomic E-state index is 14.1. The summed E-state index contributed by atoms with van der Waals surface area (Å²) in [4.78, 5) is 22.6. The van der Waals surface area contributed by atoms with Crippen molar-refractivity contribution in [3.8, 4) is 0 Å². The van der Waals surface area contributed by atoms with Crippen molar-refractivity contribution in [3.63, 3.8) is 0 Å². The molecule has 0 radical (unpaired) electrons. The summed E-state index contributed by atoms with van der Waals surface area (Å²) in [5.74, 6) is 0.368. The fraction of sp³-hybridized carbons (Fsp3) is 0.586. The van der Waals surface area contributed by atoms with E-state index in [1.54, 1.807) is 17.9 Å². The second kappa shape index (κ2) is 15.7. The van der Waals surface area contributed by atoms with Gasteiger partial charge in [0.25, 0.3) is 0 Å². The molecule has 11 heteroatoms. The Morgan fingerprint density at radius 3 is 2.50 bits per heavy atom. The van der Waals surface area contributed by atoms with Gasteiger partial charge in [-0.2, -0.15) is 13.2 Å². The van der Waals surface area contributed by atoms with Gasteiger partial charge in [0.05, 0.1) is 25.2 Å². The third-order valence-corrected chi connectivity index (χ3v) is 6.92. The SMILES string of the molecule is CCC/C=C(NCCCN1CCOCCC1=O)/C(=C\N=C(C)Nc1ccc(N2CCN(C)CC2)cc1)C(F)(F)F. The van der Waals surface area contributed by atoms with Crippen LogP contribution in [0, 0.1) is 0 Å². The lowest BCUT2D eigenvalue weighted by molar-refractivity contribution is -0.130. The quantitative estimate of drug-likeness (QED) is 0.177. The first-order valence-electron chi connectivity index (χ1n) is 14.1. The molecule has 40 heavy (non-hydrogen) atoms. The highest BCUT2D eigenvalue weighted by Gasteiger charge is 2.36. The fourth-order valence-electron chi connectivity index (χ4n) is 4.53. The Balaban J connectivity index is 1.63. The maximum Gasteiger partial charge on any atom is 0.419 e. The van der Waals surface area contributed by atoms with Crippen LogP contribution in [0.1, 0.15) is 39.5 Å². The molecule has 0 atom stereocenters. The summed E-state index contributed by atoms with van der Waals surface area (Å²) < 4.78 is 47.6. The van der Waals surface area contributed by atoms with Crippen LogP contribution in [0.4, 0.5) is 24.5 Å². The molecule has 2 saturated heterocycles. The van der Waals surface area contributed by atoms with E-state index >= 15 is 0 Å². The lowest BCUT2D eigenvalue weighted by atomic mass is 10.1. The number of amides is 1. The van der Waals surface area contributed by atoms with Crippen molar-refractivity contribution in [3.05, 3.63) is 47.8 Å². The molecule has 2 aliphatic heterocycles. The predicted octanol–water partition coefficient (Wildman–Crippen LogP) is 4.63. The first-order chi connectivity index (χ1) is 19.2. The monoisotopic (exact) mass is 564 g/mol. The van der Waals surface area contributed by atoms with Crippen LogP contribution in [0.3, 0.4) is 0 Å². The van der Waals surface area contributed by atoms with E-state index < -0.39 is 11.7 Å². The van der Waals surface area contributed by atoms with E-state index in [1.165, 1.54) is 0 Å². The molecule has 0 spiro atoms. The van der Waals surface area contributed by atoms with Crippen molar-refractivity contribution >= 4 is 23.1 Å². The van der Waals surface area contributed by atoms with Crippen molar-refractivity contribution < 1.29 is 22.7 Å². The fourth-order valence-corrected chi connectivity index (χ4v) is 4.53. The van der Waals surface area contributed by atoms with Gasteiger partial charge in [-0.1, -0.05) is 19.4 Å². The molecule has 3 rings (SSSR count). The molecule has 0 aliphatic carbocycles. The molecule has 1 aromatic carbocycles. The number of hydrogen-bond acceptors (Lipinski definition) is 6. The first kappa shape index (κ1) is 31.5. The van der Waals surface area contributed by atoms with Crippen LogP contribution in [0.5, 0.6) is 0 Å². The molecular formula is C29H43F3N6O2. The number of hydrogen-bond donors (Lipinski definition) is 2. The number of halogens is 3. The van der Waals surface area contributed by atoms with Gasteiger partial charge >= 0.3 is 6.18 Å². The predicted molar refractivity (Wildman–Crippen MR) is 155 cm³/mol.